The van der Waals surface area contributed by atoms with E-state index in [1.54, 1.807) is 171 Å². The molecule has 0 aliphatic carbocycles. The van der Waals surface area contributed by atoms with Crippen molar-refractivity contribution in [2.75, 3.05) is 7.11 Å². The Hall–Kier alpha value is -15.9. The zero-order chi connectivity index (χ0) is 95.7. The number of methoxy groups -OCH3 is 1. The molecule has 0 atom stereocenters. The van der Waals surface area contributed by atoms with Gasteiger partial charge in [-0.3, -0.25) is 19.2 Å². The number of hydrogen-bond donors (Lipinski definition) is 4. The van der Waals surface area contributed by atoms with Crippen LogP contribution in [0.3, 0.4) is 0 Å². The van der Waals surface area contributed by atoms with Crippen LogP contribution in [0.15, 0.2) is 386 Å². The molecule has 20 aromatic rings. The predicted molar refractivity (Wildman–Crippen MR) is 499 cm³/mol. The Morgan fingerprint density at radius 3 is 0.971 bits per heavy atom. The Balaban J connectivity index is 0.000000126. The van der Waals surface area contributed by atoms with Gasteiger partial charge in [0.25, 0.3) is 22.2 Å². The van der Waals surface area contributed by atoms with Crippen molar-refractivity contribution in [2.45, 2.75) is 71.5 Å². The van der Waals surface area contributed by atoms with Crippen LogP contribution < -0.4 is 49.5 Å². The Morgan fingerprint density at radius 1 is 0.309 bits per heavy atom. The summed E-state index contributed by atoms with van der Waals surface area (Å²) in [6, 6.07) is 73.1. The van der Waals surface area contributed by atoms with Crippen LogP contribution in [0.2, 0.25) is 0 Å². The topological polar surface area (TPSA) is 299 Å². The predicted octanol–water partition coefficient (Wildman–Crippen LogP) is 21.9. The zero-order valence-corrected chi connectivity index (χ0v) is 73.2. The number of fused-ring (bicyclic) bond motifs is 12. The summed E-state index contributed by atoms with van der Waals surface area (Å²) in [7, 11) is 1.58. The van der Waals surface area contributed by atoms with Gasteiger partial charge in [-0.2, -0.15) is 13.2 Å². The summed E-state index contributed by atoms with van der Waals surface area (Å²) in [5.74, 6) is -4.68. The maximum absolute atomic E-state index is 14.4. The fraction of sp³-hybridized carbons (Fsp3) is 0.0588. The smallest absolute Gasteiger partial charge is 0.416 e. The lowest BCUT2D eigenvalue weighted by molar-refractivity contribution is -0.137. The summed E-state index contributed by atoms with van der Waals surface area (Å²) in [6.07, 6.45) is -4.61. The summed E-state index contributed by atoms with van der Waals surface area (Å²) in [6.45, 7) is -0.00481. The highest BCUT2D eigenvalue weighted by molar-refractivity contribution is 8.00. The lowest BCUT2D eigenvalue weighted by Crippen LogP contribution is -2.23. The number of benzene rings is 12. The molecule has 0 radical (unpaired) electrons. The lowest BCUT2D eigenvalue weighted by Gasteiger charge is -2.14. The van der Waals surface area contributed by atoms with Crippen molar-refractivity contribution in [3.05, 3.63) is 437 Å². The van der Waals surface area contributed by atoms with E-state index >= 15 is 0 Å². The fourth-order valence-corrected chi connectivity index (χ4v) is 18.8. The zero-order valence-electron chi connectivity index (χ0n) is 70.0. The second-order valence-electron chi connectivity index (χ2n) is 30.2. The molecule has 8 aromatic heterocycles. The Kier molecular flexibility index (Phi) is 26.2. The third-order valence-electron chi connectivity index (χ3n) is 21.6. The summed E-state index contributed by atoms with van der Waals surface area (Å²) >= 11 is 2.86. The molecule has 0 amide bonds. The number of pyridine rings is 4. The maximum Gasteiger partial charge on any atom is 0.416 e. The van der Waals surface area contributed by atoms with Gasteiger partial charge >= 0.3 is 28.7 Å². The molecule has 0 fully saturated rings. The first-order chi connectivity index (χ1) is 65.5. The number of rotatable bonds is 17. The Morgan fingerprint density at radius 2 is 0.618 bits per heavy atom. The van der Waals surface area contributed by atoms with E-state index in [4.69, 9.17) is 22.4 Å². The first kappa shape index (κ1) is 92.0. The molecule has 136 heavy (non-hydrogen) atoms. The fourth-order valence-electron chi connectivity index (χ4n) is 15.3. The summed E-state index contributed by atoms with van der Waals surface area (Å²) in [5.41, 5.74) is -3.63. The highest BCUT2D eigenvalue weighted by Gasteiger charge is 2.33. The molecule has 0 saturated carbocycles. The molecule has 0 aliphatic heterocycles. The van der Waals surface area contributed by atoms with Gasteiger partial charge in [-0.05, 0) is 163 Å². The number of nitrogens with zero attached hydrogens (tertiary/aromatic N) is 4. The summed E-state index contributed by atoms with van der Waals surface area (Å²) in [5, 5.41) is 44.9. The molecular formula is C102H63F9N4O17S4. The van der Waals surface area contributed by atoms with Gasteiger partial charge < -0.3 is 61.1 Å². The summed E-state index contributed by atoms with van der Waals surface area (Å²) in [4.78, 5) is 105. The van der Waals surface area contributed by atoms with E-state index in [1.807, 2.05) is 12.1 Å². The molecule has 0 unspecified atom stereocenters. The van der Waals surface area contributed by atoms with Crippen molar-refractivity contribution in [3.8, 4) is 28.7 Å². The van der Waals surface area contributed by atoms with Crippen LogP contribution in [0.1, 0.15) is 27.8 Å². The van der Waals surface area contributed by atoms with Gasteiger partial charge in [0, 0.05) is 52.3 Å². The minimum Gasteiger partial charge on any atom is -0.505 e. The van der Waals surface area contributed by atoms with Crippen molar-refractivity contribution in [2.24, 2.45) is 0 Å². The minimum absolute atomic E-state index is 0.0117. The first-order valence-corrected chi connectivity index (χ1v) is 44.0. The van der Waals surface area contributed by atoms with Gasteiger partial charge in [0.05, 0.1) is 60.9 Å². The minimum atomic E-state index is -4.61. The van der Waals surface area contributed by atoms with Crippen molar-refractivity contribution in [3.63, 3.8) is 0 Å². The van der Waals surface area contributed by atoms with E-state index < -0.39 is 119 Å². The second kappa shape index (κ2) is 38.7. The molecule has 0 saturated heterocycles. The largest absolute Gasteiger partial charge is 0.505 e. The number of alkyl halides is 3. The van der Waals surface area contributed by atoms with E-state index in [2.05, 4.69) is 0 Å². The van der Waals surface area contributed by atoms with E-state index in [1.165, 1.54) is 121 Å². The van der Waals surface area contributed by atoms with Gasteiger partial charge in [-0.25, -0.2) is 45.5 Å². The third kappa shape index (κ3) is 18.6. The van der Waals surface area contributed by atoms with Crippen LogP contribution in [-0.4, -0.2) is 45.8 Å². The molecule has 8 heterocycles. The van der Waals surface area contributed by atoms with Crippen LogP contribution in [-0.2, 0) is 32.4 Å². The van der Waals surface area contributed by atoms with Crippen LogP contribution in [0.25, 0.3) is 87.5 Å². The van der Waals surface area contributed by atoms with Crippen LogP contribution >= 0.6 is 47.0 Å². The van der Waals surface area contributed by atoms with Crippen LogP contribution in [0.4, 0.5) is 39.5 Å². The van der Waals surface area contributed by atoms with E-state index in [0.717, 1.165) is 41.2 Å². The molecule has 4 N–H and O–H groups in total. The average Bonchev–Trinajstić information content (AvgIpc) is 0.752. The molecule has 20 rings (SSSR count). The van der Waals surface area contributed by atoms with Gasteiger partial charge in [-0.15, -0.1) is 0 Å². The van der Waals surface area contributed by atoms with Gasteiger partial charge in [0.2, 0.25) is 0 Å². The van der Waals surface area contributed by atoms with Crippen molar-refractivity contribution in [1.82, 2.24) is 18.3 Å². The lowest BCUT2D eigenvalue weighted by atomic mass is 10.1. The molecule has 680 valence electrons. The van der Waals surface area contributed by atoms with E-state index in [-0.39, 0.29) is 106 Å². The van der Waals surface area contributed by atoms with Gasteiger partial charge in [0.15, 0.2) is 45.3 Å². The van der Waals surface area contributed by atoms with E-state index in [9.17, 15) is 98.3 Å². The first-order valence-electron chi connectivity index (χ1n) is 40.7. The molecule has 0 spiro atoms. The van der Waals surface area contributed by atoms with Crippen molar-refractivity contribution >= 4 is 135 Å². The second-order valence-corrected chi connectivity index (χ2v) is 34.5. The van der Waals surface area contributed by atoms with Crippen molar-refractivity contribution < 1.29 is 82.3 Å². The standard InChI is InChI=1S/C26H15F4NO4S.C26H18FNO5S.2C25H15F2NO4S/c27-18-10-3-1-6-14(18)13-31-19-11-4-2-9-17(19)22-20(24(31)33)21(32)23(25(34)35-22)36-16-8-5-7-15(12-16)26(28,29)30;1-32-17-11-9-15(10-12-17)14-28-20-8-3-2-7-19(20)23-21(25(28)30)22(29)24(26(31)33-23)34-18-6-4-5-16(27)13-18;26-16-9-3-1-7-14(16)13-28-18-11-5-2-8-15(18)22-20(24(28)30)21(29)23(25(31)32-22)33-19-12-6-4-10-17(19)27;26-15-6-3-5-14(11-15)13-28-19-10-2-1-9-18(19)22-20(24(28)30)21(29)23(25(31)32-22)33-17-8-4-7-16(27)12-17/h1-12,32H,13H2;2-13,29H,14H2,1H3;2*1-12,29H,13H2. The number of aromatic nitrogens is 4. The molecular weight excluding hydrogens is 1850 g/mol. The average molecular weight is 1920 g/mol. The number of ether oxygens (including phenoxy) is 1. The SMILES string of the molecule is COc1ccc(Cn2c(=O)c3c(O)c(Sc4cccc(F)c4)c(=O)oc3c3ccccc32)cc1.O=c1oc2c(c(O)c1Sc1cccc(C(F)(F)F)c1)c(=O)n(Cc1ccccc1F)c1ccccc21.O=c1oc2c(c(O)c1Sc1cccc(F)c1)c(=O)n(Cc1cccc(F)c1)c1ccccc21.O=c1oc2c(c(O)c1Sc1ccccc1F)c(=O)n(Cc1ccccc1F)c1ccccc21. The van der Waals surface area contributed by atoms with Gasteiger partial charge in [-0.1, -0.05) is 187 Å². The molecule has 21 nitrogen and oxygen atoms in total. The molecule has 34 heteroatoms. The highest BCUT2D eigenvalue weighted by Crippen LogP contribution is 2.44. The number of hydrogen-bond acceptors (Lipinski definition) is 21. The van der Waals surface area contributed by atoms with Crippen LogP contribution in [0, 0.1) is 34.9 Å². The number of aromatic hydroxyl groups is 4. The highest BCUT2D eigenvalue weighted by atomic mass is 32.2. The maximum atomic E-state index is 14.4. The van der Waals surface area contributed by atoms with E-state index in [0.29, 0.717) is 88.2 Å². The van der Waals surface area contributed by atoms with Crippen LogP contribution in [0.5, 0.6) is 28.7 Å². The number of para-hydroxylation sites is 4. The van der Waals surface area contributed by atoms with Gasteiger partial charge in [0.1, 0.15) is 81.8 Å². The monoisotopic (exact) mass is 1910 g/mol. The summed E-state index contributed by atoms with van der Waals surface area (Å²) < 4.78 is 156. The molecule has 0 aliphatic rings. The normalized spacial score (nSPS) is 11.5. The Bertz CT molecular complexity index is 8750. The molecule has 0 bridgehead atoms. The quantitative estimate of drug-likeness (QED) is 0.0486. The Labute approximate surface area is 774 Å². The number of halogens is 9. The van der Waals surface area contributed by atoms with Crippen molar-refractivity contribution in [1.29, 1.82) is 0 Å². The molecule has 12 aromatic carbocycles. The third-order valence-corrected chi connectivity index (χ3v) is 25.9.